The fourth-order valence-corrected chi connectivity index (χ4v) is 3.14. The van der Waals surface area contributed by atoms with E-state index in [0.717, 1.165) is 39.3 Å². The maximum absolute atomic E-state index is 12.5. The van der Waals surface area contributed by atoms with Gasteiger partial charge in [0.25, 0.3) is 11.8 Å². The van der Waals surface area contributed by atoms with Gasteiger partial charge in [0.05, 0.1) is 24.5 Å². The van der Waals surface area contributed by atoms with E-state index in [9.17, 15) is 9.59 Å². The molecule has 2 amide bonds. The lowest BCUT2D eigenvalue weighted by Gasteiger charge is -2.26. The van der Waals surface area contributed by atoms with E-state index in [0.29, 0.717) is 22.5 Å². The maximum atomic E-state index is 12.5. The molecule has 2 heterocycles. The summed E-state index contributed by atoms with van der Waals surface area (Å²) in [6.07, 6.45) is 0.862. The Kier molecular flexibility index (Phi) is 7.03. The number of ether oxygens (including phenoxy) is 1. The van der Waals surface area contributed by atoms with Crippen molar-refractivity contribution in [1.29, 1.82) is 0 Å². The molecule has 3 rings (SSSR count). The van der Waals surface area contributed by atoms with Crippen molar-refractivity contribution in [1.82, 2.24) is 10.2 Å². The molecule has 0 saturated carbocycles. The van der Waals surface area contributed by atoms with Crippen LogP contribution in [0.15, 0.2) is 45.5 Å². The first-order valence-electron chi connectivity index (χ1n) is 8.87. The number of rotatable bonds is 7. The number of anilines is 1. The lowest BCUT2D eigenvalue weighted by atomic mass is 10.1. The summed E-state index contributed by atoms with van der Waals surface area (Å²) in [5.41, 5.74) is 0.864. The van der Waals surface area contributed by atoms with Crippen molar-refractivity contribution in [3.63, 3.8) is 0 Å². The summed E-state index contributed by atoms with van der Waals surface area (Å²) in [5.74, 6) is -0.454. The zero-order chi connectivity index (χ0) is 19.1. The van der Waals surface area contributed by atoms with Crippen LogP contribution < -0.4 is 10.6 Å². The molecule has 1 fully saturated rings. The standard InChI is InChI=1S/C19H22BrN3O4/c20-17-7-6-16(27-17)19(25)22-15-5-2-1-4-14(15)18(24)21-8-3-9-23-10-12-26-13-11-23/h1-2,4-7H,3,8-13H2,(H,21,24)(H,22,25). The molecule has 0 bridgehead atoms. The minimum absolute atomic E-state index is 0.169. The van der Waals surface area contributed by atoms with Gasteiger partial charge in [-0.3, -0.25) is 14.5 Å². The molecule has 144 valence electrons. The number of morpholine rings is 1. The fraction of sp³-hybridized carbons (Fsp3) is 0.368. The molecular weight excluding hydrogens is 414 g/mol. The number of amides is 2. The topological polar surface area (TPSA) is 83.8 Å². The number of carbonyl (C=O) groups excluding carboxylic acids is 2. The normalized spacial score (nSPS) is 14.7. The Balaban J connectivity index is 1.52. The summed E-state index contributed by atoms with van der Waals surface area (Å²) in [6.45, 7) is 4.91. The summed E-state index contributed by atoms with van der Waals surface area (Å²) >= 11 is 3.17. The van der Waals surface area contributed by atoms with Gasteiger partial charge in [0.1, 0.15) is 0 Å². The third-order valence-corrected chi connectivity index (χ3v) is 4.68. The number of furan rings is 1. The molecule has 1 aromatic carbocycles. The summed E-state index contributed by atoms with van der Waals surface area (Å²) in [6, 6.07) is 10.1. The van der Waals surface area contributed by atoms with Gasteiger partial charge in [-0.05, 0) is 53.2 Å². The average Bonchev–Trinajstić information content (AvgIpc) is 3.13. The van der Waals surface area contributed by atoms with Crippen molar-refractivity contribution in [2.45, 2.75) is 6.42 Å². The smallest absolute Gasteiger partial charge is 0.291 e. The van der Waals surface area contributed by atoms with E-state index >= 15 is 0 Å². The Hall–Kier alpha value is -2.16. The number of halogens is 1. The molecule has 0 unspecified atom stereocenters. The van der Waals surface area contributed by atoms with Crippen LogP contribution in [0.1, 0.15) is 27.3 Å². The maximum Gasteiger partial charge on any atom is 0.291 e. The second kappa shape index (κ2) is 9.68. The highest BCUT2D eigenvalue weighted by Crippen LogP contribution is 2.19. The molecule has 1 aliphatic heterocycles. The Bertz CT molecular complexity index is 787. The van der Waals surface area contributed by atoms with Crippen molar-refractivity contribution in [2.75, 3.05) is 44.7 Å². The first-order valence-corrected chi connectivity index (χ1v) is 9.67. The van der Waals surface area contributed by atoms with Crippen LogP contribution >= 0.6 is 15.9 Å². The van der Waals surface area contributed by atoms with Gasteiger partial charge in [-0.1, -0.05) is 12.1 Å². The first-order chi connectivity index (χ1) is 13.1. The number of benzene rings is 1. The first kappa shape index (κ1) is 19.6. The minimum Gasteiger partial charge on any atom is -0.444 e. The molecule has 0 radical (unpaired) electrons. The van der Waals surface area contributed by atoms with Gasteiger partial charge in [-0.25, -0.2) is 0 Å². The van der Waals surface area contributed by atoms with Crippen LogP contribution in [-0.4, -0.2) is 56.1 Å². The van der Waals surface area contributed by atoms with Gasteiger partial charge in [0.15, 0.2) is 10.4 Å². The Morgan fingerprint density at radius 3 is 2.59 bits per heavy atom. The van der Waals surface area contributed by atoms with Gasteiger partial charge in [0.2, 0.25) is 0 Å². The zero-order valence-electron chi connectivity index (χ0n) is 14.9. The zero-order valence-corrected chi connectivity index (χ0v) is 16.5. The van der Waals surface area contributed by atoms with Crippen molar-refractivity contribution in [3.8, 4) is 0 Å². The van der Waals surface area contributed by atoms with Crippen LogP contribution in [-0.2, 0) is 4.74 Å². The van der Waals surface area contributed by atoms with Crippen molar-refractivity contribution in [3.05, 3.63) is 52.4 Å². The SMILES string of the molecule is O=C(Nc1ccccc1C(=O)NCCCN1CCOCC1)c1ccc(Br)o1. The van der Waals surface area contributed by atoms with Crippen molar-refractivity contribution < 1.29 is 18.7 Å². The van der Waals surface area contributed by atoms with Gasteiger partial charge < -0.3 is 19.8 Å². The highest BCUT2D eigenvalue weighted by atomic mass is 79.9. The molecule has 7 nitrogen and oxygen atoms in total. The van der Waals surface area contributed by atoms with E-state index < -0.39 is 5.91 Å². The van der Waals surface area contributed by atoms with Crippen LogP contribution in [0.3, 0.4) is 0 Å². The molecule has 2 N–H and O–H groups in total. The number of hydrogen-bond acceptors (Lipinski definition) is 5. The number of carbonyl (C=O) groups is 2. The van der Waals surface area contributed by atoms with Gasteiger partial charge >= 0.3 is 0 Å². The second-order valence-electron chi connectivity index (χ2n) is 6.17. The highest BCUT2D eigenvalue weighted by molar-refractivity contribution is 9.10. The summed E-state index contributed by atoms with van der Waals surface area (Å²) in [5, 5.41) is 5.64. The quantitative estimate of drug-likeness (QED) is 0.653. The Morgan fingerprint density at radius 2 is 1.85 bits per heavy atom. The summed E-state index contributed by atoms with van der Waals surface area (Å²) < 4.78 is 11.0. The molecule has 0 aliphatic carbocycles. The number of nitrogens with zero attached hydrogens (tertiary/aromatic N) is 1. The molecule has 8 heteroatoms. The molecular formula is C19H22BrN3O4. The lowest BCUT2D eigenvalue weighted by Crippen LogP contribution is -2.38. The molecule has 1 saturated heterocycles. The number of nitrogens with one attached hydrogen (secondary N) is 2. The van der Waals surface area contributed by atoms with E-state index in [1.807, 2.05) is 0 Å². The van der Waals surface area contributed by atoms with E-state index in [1.165, 1.54) is 0 Å². The fourth-order valence-electron chi connectivity index (χ4n) is 2.83. The minimum atomic E-state index is -0.409. The molecule has 2 aromatic rings. The molecule has 27 heavy (non-hydrogen) atoms. The van der Waals surface area contributed by atoms with E-state index in [2.05, 4.69) is 31.5 Å². The molecule has 1 aliphatic rings. The number of hydrogen-bond donors (Lipinski definition) is 2. The van der Waals surface area contributed by atoms with Crippen LogP contribution in [0.2, 0.25) is 0 Å². The van der Waals surface area contributed by atoms with Gasteiger partial charge in [0, 0.05) is 19.6 Å². The second-order valence-corrected chi connectivity index (χ2v) is 6.95. The summed E-state index contributed by atoms with van der Waals surface area (Å²) in [4.78, 5) is 27.1. The number of para-hydroxylation sites is 1. The Labute approximate surface area is 166 Å². The van der Waals surface area contributed by atoms with Crippen LogP contribution in [0, 0.1) is 0 Å². The van der Waals surface area contributed by atoms with E-state index in [1.54, 1.807) is 36.4 Å². The predicted molar refractivity (Wildman–Crippen MR) is 105 cm³/mol. The molecule has 1 aromatic heterocycles. The predicted octanol–water partition coefficient (Wildman–Crippen LogP) is 2.75. The monoisotopic (exact) mass is 435 g/mol. The van der Waals surface area contributed by atoms with Crippen LogP contribution in [0.5, 0.6) is 0 Å². The van der Waals surface area contributed by atoms with Crippen LogP contribution in [0.25, 0.3) is 0 Å². The largest absolute Gasteiger partial charge is 0.444 e. The summed E-state index contributed by atoms with van der Waals surface area (Å²) in [7, 11) is 0. The average molecular weight is 436 g/mol. The third-order valence-electron chi connectivity index (χ3n) is 4.26. The highest BCUT2D eigenvalue weighted by Gasteiger charge is 2.16. The van der Waals surface area contributed by atoms with Crippen molar-refractivity contribution >= 4 is 33.4 Å². The third kappa shape index (κ3) is 5.66. The van der Waals surface area contributed by atoms with Crippen molar-refractivity contribution in [2.24, 2.45) is 0 Å². The van der Waals surface area contributed by atoms with Gasteiger partial charge in [-0.15, -0.1) is 0 Å². The Morgan fingerprint density at radius 1 is 1.07 bits per heavy atom. The lowest BCUT2D eigenvalue weighted by molar-refractivity contribution is 0.0374. The molecule has 0 atom stereocenters. The van der Waals surface area contributed by atoms with Gasteiger partial charge in [-0.2, -0.15) is 0 Å². The van der Waals surface area contributed by atoms with E-state index in [-0.39, 0.29) is 11.7 Å². The van der Waals surface area contributed by atoms with Crippen LogP contribution in [0.4, 0.5) is 5.69 Å². The molecule has 0 spiro atoms. The van der Waals surface area contributed by atoms with E-state index in [4.69, 9.17) is 9.15 Å².